The molecular weight excluding hydrogens is 298 g/mol. The highest BCUT2D eigenvalue weighted by Gasteiger charge is 2.12. The number of nitrogens with zero attached hydrogens (tertiary/aromatic N) is 2. The SMILES string of the molecule is Cc1cc(-c2cccc(-c3ccccc3C#N)c2)c(C#N)c(=O)[nH]1. The summed E-state index contributed by atoms with van der Waals surface area (Å²) in [6, 6.07) is 20.8. The molecule has 24 heavy (non-hydrogen) atoms. The van der Waals surface area contributed by atoms with E-state index in [9.17, 15) is 15.3 Å². The Kier molecular flexibility index (Phi) is 3.97. The Morgan fingerprint density at radius 2 is 1.58 bits per heavy atom. The maximum Gasteiger partial charge on any atom is 0.266 e. The maximum atomic E-state index is 12.0. The Morgan fingerprint density at radius 3 is 2.29 bits per heavy atom. The molecular formula is C20H13N3O. The summed E-state index contributed by atoms with van der Waals surface area (Å²) in [6.07, 6.45) is 0. The number of hydrogen-bond donors (Lipinski definition) is 1. The third-order valence-electron chi connectivity index (χ3n) is 3.81. The zero-order valence-corrected chi connectivity index (χ0v) is 13.0. The fourth-order valence-corrected chi connectivity index (χ4v) is 2.71. The number of hydrogen-bond acceptors (Lipinski definition) is 3. The number of nitrogens with one attached hydrogen (secondary N) is 1. The highest BCUT2D eigenvalue weighted by atomic mass is 16.1. The van der Waals surface area contributed by atoms with Crippen LogP contribution in [0, 0.1) is 29.6 Å². The van der Waals surface area contributed by atoms with Crippen LogP contribution in [0.3, 0.4) is 0 Å². The van der Waals surface area contributed by atoms with Gasteiger partial charge in [-0.05, 0) is 41.8 Å². The lowest BCUT2D eigenvalue weighted by Crippen LogP contribution is -2.12. The summed E-state index contributed by atoms with van der Waals surface area (Å²) in [5, 5.41) is 18.6. The average molecular weight is 311 g/mol. The number of rotatable bonds is 2. The van der Waals surface area contributed by atoms with Gasteiger partial charge in [0.2, 0.25) is 0 Å². The van der Waals surface area contributed by atoms with Gasteiger partial charge in [-0.25, -0.2) is 0 Å². The molecule has 0 saturated carbocycles. The predicted octanol–water partition coefficient (Wildman–Crippen LogP) is 3.76. The fourth-order valence-electron chi connectivity index (χ4n) is 2.71. The van der Waals surface area contributed by atoms with E-state index in [0.717, 1.165) is 16.7 Å². The third kappa shape index (κ3) is 2.69. The van der Waals surface area contributed by atoms with E-state index >= 15 is 0 Å². The van der Waals surface area contributed by atoms with Gasteiger partial charge >= 0.3 is 0 Å². The van der Waals surface area contributed by atoms with Gasteiger partial charge in [-0.1, -0.05) is 36.4 Å². The Labute approximate surface area is 139 Å². The number of aromatic amines is 1. The number of benzene rings is 2. The van der Waals surface area contributed by atoms with Gasteiger partial charge in [0.05, 0.1) is 11.6 Å². The van der Waals surface area contributed by atoms with Crippen LogP contribution in [0.25, 0.3) is 22.3 Å². The van der Waals surface area contributed by atoms with Gasteiger partial charge in [0.15, 0.2) is 0 Å². The normalized spacial score (nSPS) is 9.96. The molecule has 0 radical (unpaired) electrons. The summed E-state index contributed by atoms with van der Waals surface area (Å²) >= 11 is 0. The van der Waals surface area contributed by atoms with E-state index in [1.807, 2.05) is 48.5 Å². The Hall–Kier alpha value is -3.63. The molecule has 0 fully saturated rings. The van der Waals surface area contributed by atoms with Crippen LogP contribution >= 0.6 is 0 Å². The van der Waals surface area contributed by atoms with Crippen LogP contribution in [0.1, 0.15) is 16.8 Å². The van der Waals surface area contributed by atoms with Crippen LogP contribution < -0.4 is 5.56 Å². The first-order chi connectivity index (χ1) is 11.6. The minimum absolute atomic E-state index is 0.0892. The summed E-state index contributed by atoms with van der Waals surface area (Å²) in [4.78, 5) is 14.6. The molecule has 0 spiro atoms. The topological polar surface area (TPSA) is 80.4 Å². The molecule has 1 heterocycles. The average Bonchev–Trinajstić information content (AvgIpc) is 2.61. The van der Waals surface area contributed by atoms with Crippen molar-refractivity contribution in [3.63, 3.8) is 0 Å². The number of H-pyrrole nitrogens is 1. The molecule has 114 valence electrons. The van der Waals surface area contributed by atoms with Gasteiger partial charge < -0.3 is 4.98 Å². The van der Waals surface area contributed by atoms with E-state index in [2.05, 4.69) is 11.1 Å². The Morgan fingerprint density at radius 1 is 0.875 bits per heavy atom. The lowest BCUT2D eigenvalue weighted by molar-refractivity contribution is 1.13. The highest BCUT2D eigenvalue weighted by Crippen LogP contribution is 2.29. The van der Waals surface area contributed by atoms with Crippen molar-refractivity contribution in [2.24, 2.45) is 0 Å². The van der Waals surface area contributed by atoms with Crippen LogP contribution in [-0.4, -0.2) is 4.98 Å². The summed E-state index contributed by atoms with van der Waals surface area (Å²) in [5.41, 5.74) is 4.02. The summed E-state index contributed by atoms with van der Waals surface area (Å²) < 4.78 is 0. The van der Waals surface area contributed by atoms with Crippen molar-refractivity contribution >= 4 is 0 Å². The lowest BCUT2D eigenvalue weighted by atomic mass is 9.95. The molecule has 0 amide bonds. The van der Waals surface area contributed by atoms with E-state index < -0.39 is 5.56 Å². The molecule has 2 aromatic carbocycles. The highest BCUT2D eigenvalue weighted by molar-refractivity contribution is 5.78. The fraction of sp³-hybridized carbons (Fsp3) is 0.0500. The molecule has 3 rings (SSSR count). The number of pyridine rings is 1. The zero-order chi connectivity index (χ0) is 17.1. The molecule has 4 nitrogen and oxygen atoms in total. The third-order valence-corrected chi connectivity index (χ3v) is 3.81. The summed E-state index contributed by atoms with van der Waals surface area (Å²) in [6.45, 7) is 1.78. The molecule has 0 aliphatic carbocycles. The summed E-state index contributed by atoms with van der Waals surface area (Å²) in [5.74, 6) is 0. The number of aromatic nitrogens is 1. The van der Waals surface area contributed by atoms with Gasteiger partial charge in [-0.3, -0.25) is 4.79 Å². The molecule has 0 unspecified atom stereocenters. The van der Waals surface area contributed by atoms with Crippen molar-refractivity contribution in [1.82, 2.24) is 4.98 Å². The Bertz CT molecular complexity index is 1070. The molecule has 0 atom stereocenters. The first kappa shape index (κ1) is 15.3. The molecule has 0 aliphatic rings. The largest absolute Gasteiger partial charge is 0.325 e. The van der Waals surface area contributed by atoms with Crippen molar-refractivity contribution in [3.05, 3.63) is 81.8 Å². The van der Waals surface area contributed by atoms with Gasteiger partial charge in [0, 0.05) is 11.3 Å². The molecule has 1 aromatic heterocycles. The molecule has 0 bridgehead atoms. The van der Waals surface area contributed by atoms with Gasteiger partial charge in [-0.15, -0.1) is 0 Å². The first-order valence-corrected chi connectivity index (χ1v) is 7.38. The van der Waals surface area contributed by atoms with E-state index in [4.69, 9.17) is 0 Å². The molecule has 0 saturated heterocycles. The van der Waals surface area contributed by atoms with E-state index in [1.165, 1.54) is 0 Å². The minimum Gasteiger partial charge on any atom is -0.325 e. The number of nitriles is 2. The van der Waals surface area contributed by atoms with Crippen molar-refractivity contribution < 1.29 is 0 Å². The minimum atomic E-state index is -0.393. The molecule has 4 heteroatoms. The van der Waals surface area contributed by atoms with Crippen molar-refractivity contribution in [2.75, 3.05) is 0 Å². The number of aryl methyl sites for hydroxylation is 1. The quantitative estimate of drug-likeness (QED) is 0.782. The molecule has 3 aromatic rings. The van der Waals surface area contributed by atoms with Gasteiger partial charge in [0.25, 0.3) is 5.56 Å². The van der Waals surface area contributed by atoms with Crippen LogP contribution in [0.2, 0.25) is 0 Å². The Balaban J connectivity index is 2.23. The van der Waals surface area contributed by atoms with E-state index in [-0.39, 0.29) is 5.56 Å². The van der Waals surface area contributed by atoms with Crippen molar-refractivity contribution in [3.8, 4) is 34.4 Å². The van der Waals surface area contributed by atoms with Crippen LogP contribution in [-0.2, 0) is 0 Å². The second-order valence-corrected chi connectivity index (χ2v) is 5.42. The second-order valence-electron chi connectivity index (χ2n) is 5.42. The van der Waals surface area contributed by atoms with Gasteiger partial charge in [0.1, 0.15) is 11.6 Å². The van der Waals surface area contributed by atoms with E-state index in [0.29, 0.717) is 16.8 Å². The van der Waals surface area contributed by atoms with E-state index in [1.54, 1.807) is 19.1 Å². The first-order valence-electron chi connectivity index (χ1n) is 7.38. The molecule has 1 N–H and O–H groups in total. The maximum absolute atomic E-state index is 12.0. The summed E-state index contributed by atoms with van der Waals surface area (Å²) in [7, 11) is 0. The monoisotopic (exact) mass is 311 g/mol. The second kappa shape index (κ2) is 6.24. The predicted molar refractivity (Wildman–Crippen MR) is 92.1 cm³/mol. The zero-order valence-electron chi connectivity index (χ0n) is 13.0. The van der Waals surface area contributed by atoms with Crippen molar-refractivity contribution in [2.45, 2.75) is 6.92 Å². The van der Waals surface area contributed by atoms with Crippen molar-refractivity contribution in [1.29, 1.82) is 10.5 Å². The molecule has 0 aliphatic heterocycles. The van der Waals surface area contributed by atoms with Crippen LogP contribution in [0.5, 0.6) is 0 Å². The lowest BCUT2D eigenvalue weighted by Gasteiger charge is -2.09. The standard InChI is InChI=1S/C20H13N3O/c1-13-9-18(19(12-22)20(24)23-13)15-7-4-6-14(10-15)17-8-3-2-5-16(17)11-21/h2-10H,1H3,(H,23,24). The van der Waals surface area contributed by atoms with Gasteiger partial charge in [-0.2, -0.15) is 10.5 Å². The van der Waals surface area contributed by atoms with Crippen LogP contribution in [0.4, 0.5) is 0 Å². The smallest absolute Gasteiger partial charge is 0.266 e. The van der Waals surface area contributed by atoms with Crippen LogP contribution in [0.15, 0.2) is 59.4 Å².